The Hall–Kier alpha value is -1.47. The lowest BCUT2D eigenvalue weighted by molar-refractivity contribution is -0.385. The lowest BCUT2D eigenvalue weighted by Crippen LogP contribution is -2.35. The smallest absolute Gasteiger partial charge is 0.273 e. The summed E-state index contributed by atoms with van der Waals surface area (Å²) in [6.07, 6.45) is 1.53. The van der Waals surface area contributed by atoms with Gasteiger partial charge in [0.05, 0.1) is 9.82 Å². The first-order chi connectivity index (χ1) is 9.66. The number of likely N-dealkylation sites (N-methyl/N-ethyl adjacent to an activating group) is 1. The van der Waals surface area contributed by atoms with Crippen molar-refractivity contribution < 1.29 is 13.3 Å². The van der Waals surface area contributed by atoms with Crippen LogP contribution in [0.15, 0.2) is 23.1 Å². The van der Waals surface area contributed by atoms with Crippen LogP contribution in [0.1, 0.15) is 26.3 Å². The summed E-state index contributed by atoms with van der Waals surface area (Å²) in [6.45, 7) is 6.85. The summed E-state index contributed by atoms with van der Waals surface area (Å²) < 4.78 is 23.0. The van der Waals surface area contributed by atoms with Gasteiger partial charge in [-0.05, 0) is 24.9 Å². The van der Waals surface area contributed by atoms with Gasteiger partial charge in [0.2, 0.25) is 0 Å². The third kappa shape index (κ3) is 4.78. The highest BCUT2D eigenvalue weighted by atomic mass is 32.2. The van der Waals surface area contributed by atoms with Gasteiger partial charge in [0.15, 0.2) is 9.84 Å². The maximum Gasteiger partial charge on any atom is 0.273 e. The molecule has 1 N–H and O–H groups in total. The molecule has 0 spiro atoms. The molecule has 1 unspecified atom stereocenters. The molecule has 1 aromatic rings. The predicted molar refractivity (Wildman–Crippen MR) is 82.2 cm³/mol. The fraction of sp³-hybridized carbons (Fsp3) is 0.571. The van der Waals surface area contributed by atoms with Gasteiger partial charge in [-0.25, -0.2) is 8.42 Å². The number of nitrogens with zero attached hydrogens (tertiary/aromatic N) is 1. The average Bonchev–Trinajstić information content (AvgIpc) is 2.36. The van der Waals surface area contributed by atoms with Crippen molar-refractivity contribution in [2.45, 2.75) is 38.1 Å². The number of hydrogen-bond donors (Lipinski definition) is 1. The zero-order valence-corrected chi connectivity index (χ0v) is 13.6. The number of sulfone groups is 1. The highest BCUT2D eigenvalue weighted by Gasteiger charge is 2.22. The summed E-state index contributed by atoms with van der Waals surface area (Å²) in [5.41, 5.74) is 0.411. The van der Waals surface area contributed by atoms with Gasteiger partial charge < -0.3 is 5.32 Å². The number of nitro groups is 1. The van der Waals surface area contributed by atoms with E-state index >= 15 is 0 Å². The van der Waals surface area contributed by atoms with E-state index in [0.717, 1.165) is 18.9 Å². The standard InChI is InChI=1S/C14H22N2O4S/c1-5-15-13(10(2)3)8-11-6-7-12(21(4,19)20)9-14(11)16(17)18/h6-7,9-10,13,15H,5,8H2,1-4H3. The minimum Gasteiger partial charge on any atom is -0.314 e. The molecule has 118 valence electrons. The van der Waals surface area contributed by atoms with Gasteiger partial charge in [-0.2, -0.15) is 0 Å². The molecule has 0 aliphatic rings. The first-order valence-electron chi connectivity index (χ1n) is 6.87. The molecule has 7 heteroatoms. The molecule has 21 heavy (non-hydrogen) atoms. The molecular formula is C14H22N2O4S. The molecule has 1 rings (SSSR count). The third-order valence-electron chi connectivity index (χ3n) is 3.39. The Morgan fingerprint density at radius 2 is 1.95 bits per heavy atom. The van der Waals surface area contributed by atoms with E-state index in [0.29, 0.717) is 17.9 Å². The average molecular weight is 314 g/mol. The Labute approximate surface area is 125 Å². The lowest BCUT2D eigenvalue weighted by atomic mass is 9.95. The van der Waals surface area contributed by atoms with Gasteiger partial charge in [-0.1, -0.05) is 26.8 Å². The van der Waals surface area contributed by atoms with E-state index in [1.165, 1.54) is 6.07 Å². The summed E-state index contributed by atoms with van der Waals surface area (Å²) in [5, 5.41) is 14.5. The Morgan fingerprint density at radius 3 is 2.38 bits per heavy atom. The van der Waals surface area contributed by atoms with Crippen molar-refractivity contribution in [3.05, 3.63) is 33.9 Å². The van der Waals surface area contributed by atoms with Crippen molar-refractivity contribution in [2.24, 2.45) is 5.92 Å². The molecule has 0 saturated carbocycles. The van der Waals surface area contributed by atoms with E-state index in [9.17, 15) is 18.5 Å². The lowest BCUT2D eigenvalue weighted by Gasteiger charge is -2.21. The van der Waals surface area contributed by atoms with E-state index < -0.39 is 14.8 Å². The van der Waals surface area contributed by atoms with Crippen molar-refractivity contribution >= 4 is 15.5 Å². The Balaban J connectivity index is 3.21. The van der Waals surface area contributed by atoms with Crippen LogP contribution >= 0.6 is 0 Å². The highest BCUT2D eigenvalue weighted by Crippen LogP contribution is 2.25. The number of hydrogen-bond acceptors (Lipinski definition) is 5. The molecule has 0 heterocycles. The summed E-state index contributed by atoms with van der Waals surface area (Å²) in [4.78, 5) is 10.7. The maximum atomic E-state index is 11.5. The summed E-state index contributed by atoms with van der Waals surface area (Å²) in [6, 6.07) is 4.23. The molecule has 0 radical (unpaired) electrons. The molecule has 0 fully saturated rings. The molecule has 0 amide bonds. The van der Waals surface area contributed by atoms with Crippen LogP contribution in [-0.2, 0) is 16.3 Å². The minimum absolute atomic E-state index is 0.0255. The zero-order valence-electron chi connectivity index (χ0n) is 12.8. The van der Waals surface area contributed by atoms with Gasteiger partial charge in [-0.3, -0.25) is 10.1 Å². The molecule has 0 aromatic heterocycles. The van der Waals surface area contributed by atoms with Crippen LogP contribution in [-0.4, -0.2) is 32.2 Å². The highest BCUT2D eigenvalue weighted by molar-refractivity contribution is 7.90. The Kier molecular flexibility index (Phi) is 5.86. The van der Waals surface area contributed by atoms with Gasteiger partial charge in [0, 0.05) is 23.9 Å². The maximum absolute atomic E-state index is 11.5. The van der Waals surface area contributed by atoms with Gasteiger partial charge in [0.1, 0.15) is 0 Å². The third-order valence-corrected chi connectivity index (χ3v) is 4.50. The van der Waals surface area contributed by atoms with E-state index in [4.69, 9.17) is 0 Å². The van der Waals surface area contributed by atoms with Crippen molar-refractivity contribution in [3.63, 3.8) is 0 Å². The van der Waals surface area contributed by atoms with Gasteiger partial charge in [-0.15, -0.1) is 0 Å². The molecule has 1 atom stereocenters. The van der Waals surface area contributed by atoms with Crippen molar-refractivity contribution in [3.8, 4) is 0 Å². The quantitative estimate of drug-likeness (QED) is 0.615. The van der Waals surface area contributed by atoms with Crippen LogP contribution in [0.5, 0.6) is 0 Å². The first-order valence-corrected chi connectivity index (χ1v) is 8.76. The second-order valence-electron chi connectivity index (χ2n) is 5.43. The molecule has 0 bridgehead atoms. The fourth-order valence-electron chi connectivity index (χ4n) is 2.16. The molecule has 0 aliphatic heterocycles. The van der Waals surface area contributed by atoms with Crippen LogP contribution in [0, 0.1) is 16.0 Å². The van der Waals surface area contributed by atoms with E-state index in [2.05, 4.69) is 5.32 Å². The Morgan fingerprint density at radius 1 is 1.33 bits per heavy atom. The van der Waals surface area contributed by atoms with Crippen LogP contribution in [0.2, 0.25) is 0 Å². The molecule has 0 saturated heterocycles. The number of benzene rings is 1. The van der Waals surface area contributed by atoms with Crippen LogP contribution in [0.3, 0.4) is 0 Å². The zero-order chi connectivity index (χ0) is 16.2. The Bertz CT molecular complexity index is 611. The van der Waals surface area contributed by atoms with Crippen LogP contribution in [0.25, 0.3) is 0 Å². The van der Waals surface area contributed by atoms with Gasteiger partial charge in [0.25, 0.3) is 5.69 Å². The number of nitrogens with one attached hydrogen (secondary N) is 1. The van der Waals surface area contributed by atoms with E-state index in [-0.39, 0.29) is 16.6 Å². The second kappa shape index (κ2) is 7.00. The second-order valence-corrected chi connectivity index (χ2v) is 7.45. The number of rotatable bonds is 7. The minimum atomic E-state index is -3.45. The van der Waals surface area contributed by atoms with Crippen molar-refractivity contribution in [1.29, 1.82) is 0 Å². The van der Waals surface area contributed by atoms with E-state index in [1.54, 1.807) is 6.07 Å². The van der Waals surface area contributed by atoms with Crippen molar-refractivity contribution in [1.82, 2.24) is 5.32 Å². The molecule has 6 nitrogen and oxygen atoms in total. The largest absolute Gasteiger partial charge is 0.314 e. The monoisotopic (exact) mass is 314 g/mol. The van der Waals surface area contributed by atoms with Gasteiger partial charge >= 0.3 is 0 Å². The fourth-order valence-corrected chi connectivity index (χ4v) is 2.80. The summed E-state index contributed by atoms with van der Waals surface area (Å²) in [7, 11) is -3.45. The normalized spacial score (nSPS) is 13.4. The molecule has 1 aromatic carbocycles. The summed E-state index contributed by atoms with van der Waals surface area (Å²) >= 11 is 0. The number of nitro benzene ring substituents is 1. The predicted octanol–water partition coefficient (Wildman–Crippen LogP) is 2.17. The molecule has 0 aliphatic carbocycles. The van der Waals surface area contributed by atoms with Crippen LogP contribution < -0.4 is 5.32 Å². The molecular weight excluding hydrogens is 292 g/mol. The SMILES string of the molecule is CCNC(Cc1ccc(S(C)(=O)=O)cc1[N+](=O)[O-])C(C)C. The summed E-state index contributed by atoms with van der Waals surface area (Å²) in [5.74, 6) is 0.319. The van der Waals surface area contributed by atoms with Crippen molar-refractivity contribution in [2.75, 3.05) is 12.8 Å². The van der Waals surface area contributed by atoms with E-state index in [1.807, 2.05) is 20.8 Å². The first kappa shape index (κ1) is 17.6. The van der Waals surface area contributed by atoms with Crippen LogP contribution in [0.4, 0.5) is 5.69 Å². The topological polar surface area (TPSA) is 89.3 Å².